The van der Waals surface area contributed by atoms with Gasteiger partial charge in [0.1, 0.15) is 17.6 Å². The molecule has 4 nitrogen and oxygen atoms in total. The fourth-order valence-corrected chi connectivity index (χ4v) is 4.27. The van der Waals surface area contributed by atoms with E-state index in [-0.39, 0.29) is 6.10 Å². The van der Waals surface area contributed by atoms with E-state index in [4.69, 9.17) is 15.2 Å². The van der Waals surface area contributed by atoms with Gasteiger partial charge in [0, 0.05) is 31.2 Å². The van der Waals surface area contributed by atoms with Crippen molar-refractivity contribution < 1.29 is 9.47 Å². The number of nitrogen functional groups attached to an aromatic ring is 1. The molecule has 0 saturated carbocycles. The summed E-state index contributed by atoms with van der Waals surface area (Å²) >= 11 is 0. The Morgan fingerprint density at radius 3 is 2.52 bits per heavy atom. The zero-order valence-corrected chi connectivity index (χ0v) is 18.2. The largest absolute Gasteiger partial charge is 0.494 e. The van der Waals surface area contributed by atoms with Crippen LogP contribution in [0.1, 0.15) is 29.9 Å². The predicted molar refractivity (Wildman–Crippen MR) is 127 cm³/mol. The van der Waals surface area contributed by atoms with E-state index in [1.54, 1.807) is 0 Å². The van der Waals surface area contributed by atoms with Gasteiger partial charge in [-0.2, -0.15) is 0 Å². The van der Waals surface area contributed by atoms with Gasteiger partial charge in [0.2, 0.25) is 0 Å². The van der Waals surface area contributed by atoms with Gasteiger partial charge in [0.25, 0.3) is 0 Å². The van der Waals surface area contributed by atoms with Crippen molar-refractivity contribution in [1.82, 2.24) is 4.90 Å². The minimum atomic E-state index is 0.187. The van der Waals surface area contributed by atoms with Gasteiger partial charge < -0.3 is 20.1 Å². The third-order valence-electron chi connectivity index (χ3n) is 5.91. The van der Waals surface area contributed by atoms with E-state index in [9.17, 15) is 0 Å². The van der Waals surface area contributed by atoms with E-state index in [0.29, 0.717) is 12.5 Å². The summed E-state index contributed by atoms with van der Waals surface area (Å²) in [5, 5.41) is 0. The number of aryl methyl sites for hydroxylation is 1. The maximum absolute atomic E-state index is 6.48. The van der Waals surface area contributed by atoms with Crippen LogP contribution in [0.2, 0.25) is 0 Å². The molecule has 162 valence electrons. The molecule has 0 aromatic heterocycles. The molecule has 2 atom stereocenters. The Hall–Kier alpha value is -2.98. The van der Waals surface area contributed by atoms with E-state index in [1.807, 2.05) is 24.3 Å². The average Bonchev–Trinajstić information content (AvgIpc) is 2.79. The van der Waals surface area contributed by atoms with Crippen molar-refractivity contribution in [3.05, 3.63) is 90.0 Å². The van der Waals surface area contributed by atoms with Crippen molar-refractivity contribution in [1.29, 1.82) is 0 Å². The van der Waals surface area contributed by atoms with Crippen LogP contribution in [0.5, 0.6) is 11.5 Å². The first-order valence-corrected chi connectivity index (χ1v) is 11.2. The molecule has 31 heavy (non-hydrogen) atoms. The summed E-state index contributed by atoms with van der Waals surface area (Å²) in [4.78, 5) is 2.54. The lowest BCUT2D eigenvalue weighted by Gasteiger charge is -2.39. The molecule has 1 heterocycles. The lowest BCUT2D eigenvalue weighted by molar-refractivity contribution is 0.0750. The lowest BCUT2D eigenvalue weighted by atomic mass is 9.87. The Bertz CT molecular complexity index is 943. The van der Waals surface area contributed by atoms with E-state index in [0.717, 1.165) is 49.7 Å². The summed E-state index contributed by atoms with van der Waals surface area (Å²) in [6.07, 6.45) is 2.20. The highest BCUT2D eigenvalue weighted by Gasteiger charge is 2.31. The average molecular weight is 417 g/mol. The van der Waals surface area contributed by atoms with Gasteiger partial charge >= 0.3 is 0 Å². The van der Waals surface area contributed by atoms with Crippen LogP contribution in [0.4, 0.5) is 5.69 Å². The van der Waals surface area contributed by atoms with Gasteiger partial charge in [0.05, 0.1) is 6.61 Å². The number of likely N-dealkylation sites (tertiary alicyclic amines) is 1. The van der Waals surface area contributed by atoms with Gasteiger partial charge in [-0.05, 0) is 67.3 Å². The first kappa shape index (κ1) is 21.3. The molecular weight excluding hydrogens is 384 g/mol. The highest BCUT2D eigenvalue weighted by Crippen LogP contribution is 2.31. The molecule has 0 amide bonds. The molecule has 1 saturated heterocycles. The number of rotatable bonds is 8. The number of nitrogens with zero attached hydrogens (tertiary/aromatic N) is 1. The van der Waals surface area contributed by atoms with Gasteiger partial charge in [-0.3, -0.25) is 0 Å². The molecule has 2 unspecified atom stereocenters. The zero-order valence-electron chi connectivity index (χ0n) is 18.2. The standard InChI is InChI=1S/C27H32N2O2/c1-21-7-5-10-25(19-21)31-27-15-17-29(20-26(27)22-8-3-2-4-9-22)16-6-18-30-24-13-11-23(28)12-14-24/h2-5,7-14,19,26-27H,6,15-18,20,28H2,1H3. The van der Waals surface area contributed by atoms with Crippen molar-refractivity contribution in [2.45, 2.75) is 31.8 Å². The maximum atomic E-state index is 6.48. The summed E-state index contributed by atoms with van der Waals surface area (Å²) in [5.41, 5.74) is 9.07. The van der Waals surface area contributed by atoms with Gasteiger partial charge in [-0.1, -0.05) is 42.5 Å². The Morgan fingerprint density at radius 2 is 1.74 bits per heavy atom. The summed E-state index contributed by atoms with van der Waals surface area (Å²) in [7, 11) is 0. The third-order valence-corrected chi connectivity index (χ3v) is 5.91. The predicted octanol–water partition coefficient (Wildman–Crippen LogP) is 5.28. The van der Waals surface area contributed by atoms with Crippen molar-refractivity contribution in [3.63, 3.8) is 0 Å². The molecule has 1 fully saturated rings. The van der Waals surface area contributed by atoms with E-state index in [1.165, 1.54) is 11.1 Å². The normalized spacial score (nSPS) is 19.1. The van der Waals surface area contributed by atoms with E-state index in [2.05, 4.69) is 66.4 Å². The zero-order chi connectivity index (χ0) is 21.5. The minimum absolute atomic E-state index is 0.187. The van der Waals surface area contributed by atoms with E-state index < -0.39 is 0 Å². The number of benzene rings is 3. The van der Waals surface area contributed by atoms with Crippen LogP contribution in [-0.2, 0) is 0 Å². The highest BCUT2D eigenvalue weighted by atomic mass is 16.5. The quantitative estimate of drug-likeness (QED) is 0.401. The Labute approximate surface area is 185 Å². The first-order valence-electron chi connectivity index (χ1n) is 11.2. The number of piperidine rings is 1. The molecular formula is C27H32N2O2. The smallest absolute Gasteiger partial charge is 0.120 e. The lowest BCUT2D eigenvalue weighted by Crippen LogP contribution is -2.44. The third kappa shape index (κ3) is 6.02. The SMILES string of the molecule is Cc1cccc(OC2CCN(CCCOc3ccc(N)cc3)CC2c2ccccc2)c1. The van der Waals surface area contributed by atoms with Crippen molar-refractivity contribution >= 4 is 5.69 Å². The van der Waals surface area contributed by atoms with Crippen LogP contribution >= 0.6 is 0 Å². The summed E-state index contributed by atoms with van der Waals surface area (Å²) in [6.45, 7) is 5.88. The van der Waals surface area contributed by atoms with Crippen LogP contribution in [0.25, 0.3) is 0 Å². The molecule has 4 heteroatoms. The van der Waals surface area contributed by atoms with Crippen molar-refractivity contribution in [2.75, 3.05) is 32.0 Å². The Balaban J connectivity index is 1.34. The molecule has 3 aromatic rings. The first-order chi connectivity index (χ1) is 15.2. The monoisotopic (exact) mass is 416 g/mol. The molecule has 3 aromatic carbocycles. The molecule has 0 radical (unpaired) electrons. The van der Waals surface area contributed by atoms with Crippen LogP contribution in [0, 0.1) is 6.92 Å². The summed E-state index contributed by atoms with van der Waals surface area (Å²) < 4.78 is 12.4. The Kier molecular flexibility index (Phi) is 7.11. The maximum Gasteiger partial charge on any atom is 0.120 e. The van der Waals surface area contributed by atoms with Crippen molar-refractivity contribution in [2.24, 2.45) is 0 Å². The van der Waals surface area contributed by atoms with Crippen LogP contribution in [0.15, 0.2) is 78.9 Å². The number of nitrogens with two attached hydrogens (primary N) is 1. The van der Waals surface area contributed by atoms with Gasteiger partial charge in [-0.15, -0.1) is 0 Å². The van der Waals surface area contributed by atoms with Crippen LogP contribution < -0.4 is 15.2 Å². The summed E-state index contributed by atoms with van der Waals surface area (Å²) in [5.74, 6) is 2.20. The van der Waals surface area contributed by atoms with Gasteiger partial charge in [-0.25, -0.2) is 0 Å². The molecule has 0 bridgehead atoms. The fourth-order valence-electron chi connectivity index (χ4n) is 4.27. The van der Waals surface area contributed by atoms with Crippen LogP contribution in [0.3, 0.4) is 0 Å². The molecule has 0 aliphatic carbocycles. The van der Waals surface area contributed by atoms with E-state index >= 15 is 0 Å². The molecule has 4 rings (SSSR count). The number of anilines is 1. The number of hydrogen-bond donors (Lipinski definition) is 1. The Morgan fingerprint density at radius 1 is 0.935 bits per heavy atom. The molecule has 0 spiro atoms. The van der Waals surface area contributed by atoms with Crippen molar-refractivity contribution in [3.8, 4) is 11.5 Å². The number of hydrogen-bond acceptors (Lipinski definition) is 4. The molecule has 1 aliphatic heterocycles. The highest BCUT2D eigenvalue weighted by molar-refractivity contribution is 5.41. The minimum Gasteiger partial charge on any atom is -0.494 e. The second-order valence-electron chi connectivity index (χ2n) is 8.35. The fraction of sp³-hybridized carbons (Fsp3) is 0.333. The molecule has 2 N–H and O–H groups in total. The second kappa shape index (κ2) is 10.4. The number of ether oxygens (including phenoxy) is 2. The topological polar surface area (TPSA) is 47.7 Å². The summed E-state index contributed by atoms with van der Waals surface area (Å²) in [6, 6.07) is 26.7. The van der Waals surface area contributed by atoms with Crippen LogP contribution in [-0.4, -0.2) is 37.2 Å². The second-order valence-corrected chi connectivity index (χ2v) is 8.35. The van der Waals surface area contributed by atoms with Gasteiger partial charge in [0.15, 0.2) is 0 Å². The molecule has 1 aliphatic rings.